The highest BCUT2D eigenvalue weighted by atomic mass is 32.2. The molecule has 1 fully saturated rings. The SMILES string of the molecule is Cc1ccc(F)c(C(C)[C@H](NS(=O)(=O)N2CCC(OC(F)(F)F)CC2)c2n[nH]c(=O)o2)c1C. The van der Waals surface area contributed by atoms with Gasteiger partial charge in [0.1, 0.15) is 11.9 Å². The topological polar surface area (TPSA) is 118 Å². The van der Waals surface area contributed by atoms with E-state index in [2.05, 4.69) is 19.7 Å². The highest BCUT2D eigenvalue weighted by Crippen LogP contribution is 2.35. The van der Waals surface area contributed by atoms with Gasteiger partial charge in [-0.25, -0.2) is 14.3 Å². The molecule has 2 atom stereocenters. The third kappa shape index (κ3) is 5.99. The first-order valence-electron chi connectivity index (χ1n) is 10.1. The molecule has 0 bridgehead atoms. The fourth-order valence-corrected chi connectivity index (χ4v) is 5.35. The lowest BCUT2D eigenvalue weighted by molar-refractivity contribution is -0.345. The number of hydrogen-bond acceptors (Lipinski definition) is 6. The number of aromatic nitrogens is 2. The summed E-state index contributed by atoms with van der Waals surface area (Å²) >= 11 is 0. The molecule has 2 N–H and O–H groups in total. The lowest BCUT2D eigenvalue weighted by atomic mass is 9.88. The van der Waals surface area contributed by atoms with Gasteiger partial charge in [-0.2, -0.15) is 17.4 Å². The van der Waals surface area contributed by atoms with Crippen molar-refractivity contribution in [2.45, 2.75) is 58.0 Å². The molecule has 1 saturated heterocycles. The lowest BCUT2D eigenvalue weighted by Gasteiger charge is -2.33. The fourth-order valence-electron chi connectivity index (χ4n) is 3.89. The molecule has 0 spiro atoms. The molecule has 9 nitrogen and oxygen atoms in total. The summed E-state index contributed by atoms with van der Waals surface area (Å²) < 4.78 is 90.4. The first kappa shape index (κ1) is 25.3. The number of nitrogens with zero attached hydrogens (tertiary/aromatic N) is 2. The van der Waals surface area contributed by atoms with Crippen molar-refractivity contribution in [3.8, 4) is 0 Å². The van der Waals surface area contributed by atoms with Crippen LogP contribution in [0.2, 0.25) is 0 Å². The molecular formula is C19H24F4N4O5S. The summed E-state index contributed by atoms with van der Waals surface area (Å²) in [5.41, 5.74) is 1.58. The van der Waals surface area contributed by atoms with Crippen molar-refractivity contribution in [1.82, 2.24) is 19.2 Å². The van der Waals surface area contributed by atoms with Crippen LogP contribution in [0.15, 0.2) is 21.3 Å². The molecule has 0 aliphatic carbocycles. The summed E-state index contributed by atoms with van der Waals surface area (Å²) in [4.78, 5) is 11.5. The number of hydrogen-bond donors (Lipinski definition) is 2. The van der Waals surface area contributed by atoms with Crippen LogP contribution < -0.4 is 10.5 Å². The van der Waals surface area contributed by atoms with Gasteiger partial charge in [0.15, 0.2) is 0 Å². The Morgan fingerprint density at radius 1 is 1.27 bits per heavy atom. The molecule has 1 aliphatic rings. The summed E-state index contributed by atoms with van der Waals surface area (Å²) in [6.07, 6.45) is -6.29. The van der Waals surface area contributed by atoms with Gasteiger partial charge in [0, 0.05) is 19.0 Å². The number of H-pyrrole nitrogens is 1. The van der Waals surface area contributed by atoms with E-state index in [1.165, 1.54) is 6.07 Å². The van der Waals surface area contributed by atoms with E-state index in [-0.39, 0.29) is 37.4 Å². The third-order valence-electron chi connectivity index (χ3n) is 5.73. The molecule has 1 aromatic heterocycles. The standard InChI is InChI=1S/C19H24F4N4O5S/c1-10-4-5-14(20)15(11(10)2)12(3)16(17-24-25-18(28)31-17)26-33(29,30)27-8-6-13(7-9-27)32-19(21,22)23/h4-5,12-13,16,26H,6-9H2,1-3H3,(H,25,28)/t12?,16-/m0/s1. The van der Waals surface area contributed by atoms with Crippen LogP contribution in [-0.2, 0) is 14.9 Å². The minimum Gasteiger partial charge on any atom is -0.391 e. The molecule has 0 saturated carbocycles. The van der Waals surface area contributed by atoms with Gasteiger partial charge in [-0.05, 0) is 49.4 Å². The Morgan fingerprint density at radius 2 is 1.91 bits per heavy atom. The molecule has 184 valence electrons. The van der Waals surface area contributed by atoms with Gasteiger partial charge in [-0.15, -0.1) is 18.3 Å². The zero-order valence-corrected chi connectivity index (χ0v) is 18.9. The zero-order valence-electron chi connectivity index (χ0n) is 18.1. The predicted molar refractivity (Wildman–Crippen MR) is 108 cm³/mol. The van der Waals surface area contributed by atoms with E-state index in [9.17, 15) is 30.8 Å². The smallest absolute Gasteiger partial charge is 0.391 e. The van der Waals surface area contributed by atoms with Crippen molar-refractivity contribution in [1.29, 1.82) is 0 Å². The molecule has 1 unspecified atom stereocenters. The first-order chi connectivity index (χ1) is 15.3. The Balaban J connectivity index is 1.86. The molecule has 3 rings (SSSR count). The number of benzene rings is 1. The van der Waals surface area contributed by atoms with E-state index < -0.39 is 46.2 Å². The van der Waals surface area contributed by atoms with E-state index in [4.69, 9.17) is 4.42 Å². The second-order valence-electron chi connectivity index (χ2n) is 7.91. The maximum Gasteiger partial charge on any atom is 0.522 e. The maximum atomic E-state index is 14.7. The van der Waals surface area contributed by atoms with Crippen LogP contribution >= 0.6 is 0 Å². The third-order valence-corrected chi connectivity index (χ3v) is 7.32. The second-order valence-corrected chi connectivity index (χ2v) is 9.61. The van der Waals surface area contributed by atoms with Gasteiger partial charge in [0.05, 0.1) is 6.10 Å². The molecule has 0 amide bonds. The van der Waals surface area contributed by atoms with Crippen LogP contribution in [0, 0.1) is 19.7 Å². The lowest BCUT2D eigenvalue weighted by Crippen LogP contribution is -2.48. The number of aromatic amines is 1. The van der Waals surface area contributed by atoms with Crippen LogP contribution in [-0.4, -0.2) is 48.5 Å². The van der Waals surface area contributed by atoms with Gasteiger partial charge in [0.25, 0.3) is 10.2 Å². The minimum atomic E-state index is -4.81. The fraction of sp³-hybridized carbons (Fsp3) is 0.579. The zero-order chi connectivity index (χ0) is 24.6. The highest BCUT2D eigenvalue weighted by Gasteiger charge is 2.39. The molecule has 0 radical (unpaired) electrons. The van der Waals surface area contributed by atoms with Crippen molar-refractivity contribution in [2.75, 3.05) is 13.1 Å². The van der Waals surface area contributed by atoms with Crippen molar-refractivity contribution < 1.29 is 35.1 Å². The van der Waals surface area contributed by atoms with Gasteiger partial charge >= 0.3 is 12.1 Å². The van der Waals surface area contributed by atoms with E-state index >= 15 is 0 Å². The molecule has 14 heteroatoms. The largest absolute Gasteiger partial charge is 0.522 e. The Bertz CT molecular complexity index is 1140. The highest BCUT2D eigenvalue weighted by molar-refractivity contribution is 7.87. The van der Waals surface area contributed by atoms with Crippen molar-refractivity contribution >= 4 is 10.2 Å². The van der Waals surface area contributed by atoms with Crippen molar-refractivity contribution in [3.63, 3.8) is 0 Å². The van der Waals surface area contributed by atoms with E-state index in [1.54, 1.807) is 26.8 Å². The number of ether oxygens (including phenoxy) is 1. The molecule has 2 aromatic rings. The minimum absolute atomic E-state index is 0.163. The Kier molecular flexibility index (Phi) is 7.31. The Hall–Kier alpha value is -2.29. The van der Waals surface area contributed by atoms with Gasteiger partial charge in [0.2, 0.25) is 5.89 Å². The van der Waals surface area contributed by atoms with Crippen molar-refractivity contribution in [3.05, 3.63) is 51.1 Å². The maximum absolute atomic E-state index is 14.7. The van der Waals surface area contributed by atoms with E-state index in [0.717, 1.165) is 9.87 Å². The molecule has 1 aromatic carbocycles. The normalized spacial score (nSPS) is 18.4. The van der Waals surface area contributed by atoms with Gasteiger partial charge in [-0.1, -0.05) is 13.0 Å². The predicted octanol–water partition coefficient (Wildman–Crippen LogP) is 2.80. The average Bonchev–Trinajstić information content (AvgIpc) is 3.14. The molecular weight excluding hydrogens is 472 g/mol. The molecule has 2 heterocycles. The van der Waals surface area contributed by atoms with Crippen LogP contribution in [0.3, 0.4) is 0 Å². The quantitative estimate of drug-likeness (QED) is 0.570. The van der Waals surface area contributed by atoms with Crippen LogP contribution in [0.5, 0.6) is 0 Å². The average molecular weight is 496 g/mol. The number of aryl methyl sites for hydroxylation is 1. The molecule has 1 aliphatic heterocycles. The van der Waals surface area contributed by atoms with E-state index in [1.807, 2.05) is 0 Å². The summed E-state index contributed by atoms with van der Waals surface area (Å²) in [7, 11) is -4.27. The van der Waals surface area contributed by atoms with Gasteiger partial charge in [-0.3, -0.25) is 4.74 Å². The summed E-state index contributed by atoms with van der Waals surface area (Å²) in [6, 6.07) is 1.57. The number of alkyl halides is 3. The number of nitrogens with one attached hydrogen (secondary N) is 2. The van der Waals surface area contributed by atoms with E-state index in [0.29, 0.717) is 5.56 Å². The number of piperidine rings is 1. The van der Waals surface area contributed by atoms with Crippen LogP contribution in [0.25, 0.3) is 0 Å². The van der Waals surface area contributed by atoms with Gasteiger partial charge < -0.3 is 4.42 Å². The number of rotatable bonds is 7. The van der Waals surface area contributed by atoms with Crippen molar-refractivity contribution in [2.24, 2.45) is 0 Å². The summed E-state index contributed by atoms with van der Waals surface area (Å²) in [5, 5.41) is 5.76. The second kappa shape index (κ2) is 9.52. The van der Waals surface area contributed by atoms with Crippen LogP contribution in [0.1, 0.15) is 54.3 Å². The first-order valence-corrected chi connectivity index (χ1v) is 11.6. The Morgan fingerprint density at radius 3 is 2.45 bits per heavy atom. The molecule has 33 heavy (non-hydrogen) atoms. The number of halogens is 4. The monoisotopic (exact) mass is 496 g/mol. The summed E-state index contributed by atoms with van der Waals surface area (Å²) in [6.45, 7) is 4.56. The Labute approximate surface area is 187 Å². The summed E-state index contributed by atoms with van der Waals surface area (Å²) in [5.74, 6) is -2.64. The van der Waals surface area contributed by atoms with Crippen LogP contribution in [0.4, 0.5) is 17.6 Å².